The highest BCUT2D eigenvalue weighted by Crippen LogP contribution is 2.26. The molecule has 2 N–H and O–H groups in total. The standard InChI is InChI=1S/C17H19ClN2OS.ClH/c18-15-3-1-12(2-4-15)16(14-7-10-22-11-14)20-17(21)13-5-8-19-9-6-13;/h1-4,7,10-11,13,16,19H,5-6,8-9H2,(H,20,21);1H. The summed E-state index contributed by atoms with van der Waals surface area (Å²) in [6, 6.07) is 9.65. The SMILES string of the molecule is Cl.O=C(NC(c1ccc(Cl)cc1)c1ccsc1)C1CCNCC1. The molecule has 0 saturated carbocycles. The summed E-state index contributed by atoms with van der Waals surface area (Å²) in [5, 5.41) is 11.3. The molecule has 1 fully saturated rings. The van der Waals surface area contributed by atoms with Crippen LogP contribution >= 0.6 is 35.3 Å². The Morgan fingerprint density at radius 3 is 2.48 bits per heavy atom. The van der Waals surface area contributed by atoms with Crippen LogP contribution in [0.3, 0.4) is 0 Å². The zero-order valence-corrected chi connectivity index (χ0v) is 15.0. The second-order valence-electron chi connectivity index (χ2n) is 5.57. The van der Waals surface area contributed by atoms with Crippen LogP contribution in [0.1, 0.15) is 30.0 Å². The Morgan fingerprint density at radius 2 is 1.87 bits per heavy atom. The Kier molecular flexibility index (Phi) is 6.90. The molecule has 2 heterocycles. The molecule has 0 radical (unpaired) electrons. The molecule has 23 heavy (non-hydrogen) atoms. The van der Waals surface area contributed by atoms with Crippen LogP contribution in [0.25, 0.3) is 0 Å². The highest BCUT2D eigenvalue weighted by molar-refractivity contribution is 7.08. The van der Waals surface area contributed by atoms with Gasteiger partial charge in [0.1, 0.15) is 0 Å². The molecule has 1 aliphatic heterocycles. The van der Waals surface area contributed by atoms with Crippen LogP contribution in [0.15, 0.2) is 41.1 Å². The molecule has 2 aromatic rings. The molecule has 1 aromatic carbocycles. The van der Waals surface area contributed by atoms with Crippen LogP contribution < -0.4 is 10.6 Å². The van der Waals surface area contributed by atoms with E-state index in [4.69, 9.17) is 11.6 Å². The van der Waals surface area contributed by atoms with Crippen molar-refractivity contribution in [1.82, 2.24) is 10.6 Å². The van der Waals surface area contributed by atoms with Crippen molar-refractivity contribution in [3.63, 3.8) is 0 Å². The van der Waals surface area contributed by atoms with Gasteiger partial charge in [-0.05, 0) is 66.0 Å². The van der Waals surface area contributed by atoms with Crippen molar-refractivity contribution in [1.29, 1.82) is 0 Å². The number of carbonyl (C=O) groups excluding carboxylic acids is 1. The largest absolute Gasteiger partial charge is 0.345 e. The second-order valence-corrected chi connectivity index (χ2v) is 6.79. The van der Waals surface area contributed by atoms with Gasteiger partial charge in [0, 0.05) is 10.9 Å². The van der Waals surface area contributed by atoms with Gasteiger partial charge in [-0.2, -0.15) is 11.3 Å². The fourth-order valence-corrected chi connectivity index (χ4v) is 3.61. The van der Waals surface area contributed by atoms with Gasteiger partial charge < -0.3 is 10.6 Å². The number of thiophene rings is 1. The number of carbonyl (C=O) groups is 1. The van der Waals surface area contributed by atoms with Gasteiger partial charge in [-0.1, -0.05) is 23.7 Å². The van der Waals surface area contributed by atoms with E-state index in [0.717, 1.165) is 37.1 Å². The number of hydrogen-bond donors (Lipinski definition) is 2. The van der Waals surface area contributed by atoms with Gasteiger partial charge in [0.15, 0.2) is 0 Å². The van der Waals surface area contributed by atoms with Crippen LogP contribution in [-0.4, -0.2) is 19.0 Å². The summed E-state index contributed by atoms with van der Waals surface area (Å²) in [6.07, 6.45) is 1.81. The zero-order valence-electron chi connectivity index (χ0n) is 12.6. The third kappa shape index (κ3) is 4.70. The van der Waals surface area contributed by atoms with Gasteiger partial charge in [0.2, 0.25) is 5.91 Å². The first-order chi connectivity index (χ1) is 10.7. The Morgan fingerprint density at radius 1 is 1.17 bits per heavy atom. The van der Waals surface area contributed by atoms with Gasteiger partial charge >= 0.3 is 0 Å². The van der Waals surface area contributed by atoms with Crippen molar-refractivity contribution in [3.8, 4) is 0 Å². The molecule has 1 aromatic heterocycles. The van der Waals surface area contributed by atoms with Crippen LogP contribution in [-0.2, 0) is 4.79 Å². The van der Waals surface area contributed by atoms with Crippen molar-refractivity contribution in [3.05, 3.63) is 57.2 Å². The van der Waals surface area contributed by atoms with Crippen LogP contribution in [0.2, 0.25) is 5.02 Å². The minimum atomic E-state index is -0.106. The van der Waals surface area contributed by atoms with Crippen molar-refractivity contribution >= 4 is 41.3 Å². The monoisotopic (exact) mass is 370 g/mol. The second kappa shape index (κ2) is 8.69. The molecule has 3 nitrogen and oxygen atoms in total. The molecule has 1 amide bonds. The van der Waals surface area contributed by atoms with Crippen molar-refractivity contribution in [2.24, 2.45) is 5.92 Å². The summed E-state index contributed by atoms with van der Waals surface area (Å²) >= 11 is 7.62. The van der Waals surface area contributed by atoms with E-state index >= 15 is 0 Å². The first-order valence-electron chi connectivity index (χ1n) is 7.52. The Balaban J connectivity index is 0.00000192. The molecule has 0 bridgehead atoms. The number of nitrogens with one attached hydrogen (secondary N) is 2. The van der Waals surface area contributed by atoms with E-state index in [0.29, 0.717) is 5.02 Å². The lowest BCUT2D eigenvalue weighted by Gasteiger charge is -2.25. The third-order valence-corrected chi connectivity index (χ3v) is 5.03. The molecule has 0 spiro atoms. The van der Waals surface area contributed by atoms with Crippen molar-refractivity contribution in [2.75, 3.05) is 13.1 Å². The molecular formula is C17H20Cl2N2OS. The molecule has 1 saturated heterocycles. The van der Waals surface area contributed by atoms with E-state index in [1.165, 1.54) is 0 Å². The van der Waals surface area contributed by atoms with E-state index in [2.05, 4.69) is 22.1 Å². The lowest BCUT2D eigenvalue weighted by molar-refractivity contribution is -0.126. The average Bonchev–Trinajstić information content (AvgIpc) is 3.08. The quantitative estimate of drug-likeness (QED) is 0.852. The molecule has 3 rings (SSSR count). The maximum atomic E-state index is 12.6. The molecule has 1 atom stereocenters. The number of piperidine rings is 1. The van der Waals surface area contributed by atoms with Crippen molar-refractivity contribution < 1.29 is 4.79 Å². The average molecular weight is 371 g/mol. The lowest BCUT2D eigenvalue weighted by Crippen LogP contribution is -2.39. The Bertz CT molecular complexity index is 610. The molecule has 0 aliphatic carbocycles. The lowest BCUT2D eigenvalue weighted by atomic mass is 9.95. The number of benzene rings is 1. The summed E-state index contributed by atoms with van der Waals surface area (Å²) < 4.78 is 0. The zero-order chi connectivity index (χ0) is 15.4. The van der Waals surface area contributed by atoms with Gasteiger partial charge in [-0.25, -0.2) is 0 Å². The summed E-state index contributed by atoms with van der Waals surface area (Å²) in [5.74, 6) is 0.252. The maximum Gasteiger partial charge on any atom is 0.223 e. The van der Waals surface area contributed by atoms with E-state index in [9.17, 15) is 4.79 Å². The van der Waals surface area contributed by atoms with Gasteiger partial charge in [-0.15, -0.1) is 12.4 Å². The van der Waals surface area contributed by atoms with Gasteiger partial charge in [0.05, 0.1) is 6.04 Å². The van der Waals surface area contributed by atoms with E-state index in [1.807, 2.05) is 29.6 Å². The first kappa shape index (κ1) is 18.3. The number of halogens is 2. The molecule has 1 unspecified atom stereocenters. The van der Waals surface area contributed by atoms with Crippen molar-refractivity contribution in [2.45, 2.75) is 18.9 Å². The fraction of sp³-hybridized carbons (Fsp3) is 0.353. The minimum Gasteiger partial charge on any atom is -0.345 e. The third-order valence-electron chi connectivity index (χ3n) is 4.08. The van der Waals surface area contributed by atoms with Crippen LogP contribution in [0.5, 0.6) is 0 Å². The molecule has 6 heteroatoms. The van der Waals surface area contributed by atoms with Gasteiger partial charge in [0.25, 0.3) is 0 Å². The van der Waals surface area contributed by atoms with E-state index < -0.39 is 0 Å². The molecular weight excluding hydrogens is 351 g/mol. The number of rotatable bonds is 4. The molecule has 1 aliphatic rings. The summed E-state index contributed by atoms with van der Waals surface area (Å²) in [7, 11) is 0. The predicted molar refractivity (Wildman–Crippen MR) is 98.6 cm³/mol. The highest BCUT2D eigenvalue weighted by Gasteiger charge is 2.24. The van der Waals surface area contributed by atoms with E-state index in [-0.39, 0.29) is 30.3 Å². The minimum absolute atomic E-state index is 0. The topological polar surface area (TPSA) is 41.1 Å². The molecule has 124 valence electrons. The highest BCUT2D eigenvalue weighted by atomic mass is 35.5. The normalized spacial score (nSPS) is 16.4. The van der Waals surface area contributed by atoms with E-state index in [1.54, 1.807) is 11.3 Å². The summed E-state index contributed by atoms with van der Waals surface area (Å²) in [6.45, 7) is 1.84. The summed E-state index contributed by atoms with van der Waals surface area (Å²) in [5.41, 5.74) is 2.18. The summed E-state index contributed by atoms with van der Waals surface area (Å²) in [4.78, 5) is 12.6. The Labute approximate surface area is 151 Å². The smallest absolute Gasteiger partial charge is 0.223 e. The number of amides is 1. The van der Waals surface area contributed by atoms with Crippen LogP contribution in [0, 0.1) is 5.92 Å². The predicted octanol–water partition coefficient (Wildman–Crippen LogP) is 4.03. The first-order valence-corrected chi connectivity index (χ1v) is 8.85. The maximum absolute atomic E-state index is 12.6. The number of hydrogen-bond acceptors (Lipinski definition) is 3. The van der Waals surface area contributed by atoms with Gasteiger partial charge in [-0.3, -0.25) is 4.79 Å². The fourth-order valence-electron chi connectivity index (χ4n) is 2.80. The Hall–Kier alpha value is -1.07. The van der Waals surface area contributed by atoms with Crippen LogP contribution in [0.4, 0.5) is 0 Å².